The van der Waals surface area contributed by atoms with E-state index in [0.717, 1.165) is 24.8 Å². The summed E-state index contributed by atoms with van der Waals surface area (Å²) < 4.78 is 0. The maximum absolute atomic E-state index is 12.3. The fourth-order valence-corrected chi connectivity index (χ4v) is 2.96. The molecule has 0 heterocycles. The SMILES string of the molecule is CC(=O)Nc1ccc(/C=C(\C#N)C(=O)N[C@@H]2CCCC[C@@H]2C)cc1. The third kappa shape index (κ3) is 4.95. The lowest BCUT2D eigenvalue weighted by Gasteiger charge is -2.29. The van der Waals surface area contributed by atoms with Gasteiger partial charge in [-0.15, -0.1) is 0 Å². The summed E-state index contributed by atoms with van der Waals surface area (Å²) in [5, 5.41) is 15.0. The molecule has 126 valence electrons. The van der Waals surface area contributed by atoms with E-state index < -0.39 is 0 Å². The zero-order valence-corrected chi connectivity index (χ0v) is 14.1. The highest BCUT2D eigenvalue weighted by atomic mass is 16.2. The number of carbonyl (C=O) groups is 2. The van der Waals surface area contributed by atoms with Gasteiger partial charge in [0, 0.05) is 18.7 Å². The highest BCUT2D eigenvalue weighted by molar-refractivity contribution is 6.01. The van der Waals surface area contributed by atoms with Crippen molar-refractivity contribution in [2.45, 2.75) is 45.6 Å². The zero-order chi connectivity index (χ0) is 17.5. The molecular weight excluding hydrogens is 302 g/mol. The van der Waals surface area contributed by atoms with E-state index in [1.807, 2.05) is 6.07 Å². The van der Waals surface area contributed by atoms with Gasteiger partial charge < -0.3 is 10.6 Å². The van der Waals surface area contributed by atoms with E-state index >= 15 is 0 Å². The van der Waals surface area contributed by atoms with Gasteiger partial charge in [-0.25, -0.2) is 0 Å². The number of rotatable bonds is 4. The molecule has 1 aliphatic rings. The van der Waals surface area contributed by atoms with Gasteiger partial charge in [0.25, 0.3) is 5.91 Å². The number of nitrogens with zero attached hydrogens (tertiary/aromatic N) is 1. The summed E-state index contributed by atoms with van der Waals surface area (Å²) in [6.45, 7) is 3.58. The minimum Gasteiger partial charge on any atom is -0.348 e. The van der Waals surface area contributed by atoms with Gasteiger partial charge in [0.05, 0.1) is 0 Å². The van der Waals surface area contributed by atoms with Gasteiger partial charge in [0.15, 0.2) is 0 Å². The molecule has 1 aliphatic carbocycles. The van der Waals surface area contributed by atoms with Crippen LogP contribution in [0, 0.1) is 17.2 Å². The monoisotopic (exact) mass is 325 g/mol. The molecule has 24 heavy (non-hydrogen) atoms. The molecule has 0 bridgehead atoms. The number of amides is 2. The molecular formula is C19H23N3O2. The van der Waals surface area contributed by atoms with E-state index in [9.17, 15) is 14.9 Å². The molecule has 2 atom stereocenters. The van der Waals surface area contributed by atoms with Gasteiger partial charge in [0.2, 0.25) is 5.91 Å². The summed E-state index contributed by atoms with van der Waals surface area (Å²) in [4.78, 5) is 23.4. The summed E-state index contributed by atoms with van der Waals surface area (Å²) in [6, 6.07) is 9.13. The van der Waals surface area contributed by atoms with Crippen LogP contribution in [0.1, 0.15) is 45.1 Å². The molecule has 0 radical (unpaired) electrons. The molecule has 2 rings (SSSR count). The van der Waals surface area contributed by atoms with Gasteiger partial charge in [-0.05, 0) is 42.5 Å². The van der Waals surface area contributed by atoms with Crippen LogP contribution in [0.5, 0.6) is 0 Å². The molecule has 1 fully saturated rings. The number of carbonyl (C=O) groups excluding carboxylic acids is 2. The third-order valence-electron chi connectivity index (χ3n) is 4.34. The van der Waals surface area contributed by atoms with Gasteiger partial charge in [-0.1, -0.05) is 31.9 Å². The first-order valence-electron chi connectivity index (χ1n) is 8.30. The standard InChI is InChI=1S/C19H23N3O2/c1-13-5-3-4-6-18(13)22-19(24)16(12-20)11-15-7-9-17(10-8-15)21-14(2)23/h7-11,13,18H,3-6H2,1-2H3,(H,21,23)(H,22,24)/b16-11+/t13-,18+/m0/s1. The first-order valence-corrected chi connectivity index (χ1v) is 8.30. The Kier molecular flexibility index (Phi) is 6.14. The Morgan fingerprint density at radius 2 is 1.88 bits per heavy atom. The summed E-state index contributed by atoms with van der Waals surface area (Å²) in [5.74, 6) is -0.0150. The summed E-state index contributed by atoms with van der Waals surface area (Å²) in [5.41, 5.74) is 1.52. The highest BCUT2D eigenvalue weighted by Gasteiger charge is 2.23. The van der Waals surface area contributed by atoms with Crippen LogP contribution in [0.2, 0.25) is 0 Å². The van der Waals surface area contributed by atoms with Crippen molar-refractivity contribution in [1.82, 2.24) is 5.32 Å². The van der Waals surface area contributed by atoms with Crippen molar-refractivity contribution in [3.05, 3.63) is 35.4 Å². The molecule has 0 unspecified atom stereocenters. The van der Waals surface area contributed by atoms with E-state index in [1.54, 1.807) is 30.3 Å². The lowest BCUT2D eigenvalue weighted by Crippen LogP contribution is -2.41. The highest BCUT2D eigenvalue weighted by Crippen LogP contribution is 2.24. The van der Waals surface area contributed by atoms with Crippen LogP contribution in [-0.2, 0) is 9.59 Å². The van der Waals surface area contributed by atoms with Crippen molar-refractivity contribution in [2.24, 2.45) is 5.92 Å². The molecule has 1 aromatic carbocycles. The lowest BCUT2D eigenvalue weighted by atomic mass is 9.86. The number of benzene rings is 1. The van der Waals surface area contributed by atoms with E-state index in [4.69, 9.17) is 0 Å². The first kappa shape index (κ1) is 17.7. The number of nitrogens with one attached hydrogen (secondary N) is 2. The fourth-order valence-electron chi connectivity index (χ4n) is 2.96. The summed E-state index contributed by atoms with van der Waals surface area (Å²) >= 11 is 0. The van der Waals surface area contributed by atoms with Crippen LogP contribution in [-0.4, -0.2) is 17.9 Å². The Morgan fingerprint density at radius 3 is 2.46 bits per heavy atom. The smallest absolute Gasteiger partial charge is 0.262 e. The number of anilines is 1. The Labute approximate surface area is 142 Å². The average Bonchev–Trinajstić information content (AvgIpc) is 2.55. The summed E-state index contributed by atoms with van der Waals surface area (Å²) in [6.07, 6.45) is 5.97. The van der Waals surface area contributed by atoms with Crippen LogP contribution in [0.4, 0.5) is 5.69 Å². The van der Waals surface area contributed by atoms with Crippen LogP contribution < -0.4 is 10.6 Å². The van der Waals surface area contributed by atoms with Crippen LogP contribution in [0.15, 0.2) is 29.8 Å². The second-order valence-corrected chi connectivity index (χ2v) is 6.31. The second-order valence-electron chi connectivity index (χ2n) is 6.31. The molecule has 5 nitrogen and oxygen atoms in total. The minimum absolute atomic E-state index is 0.0973. The number of hydrogen-bond donors (Lipinski definition) is 2. The predicted molar refractivity (Wildman–Crippen MR) is 93.9 cm³/mol. The van der Waals surface area contributed by atoms with Crippen LogP contribution in [0.25, 0.3) is 6.08 Å². The molecule has 5 heteroatoms. The zero-order valence-electron chi connectivity index (χ0n) is 14.1. The Morgan fingerprint density at radius 1 is 1.21 bits per heavy atom. The minimum atomic E-state index is -0.317. The summed E-state index contributed by atoms with van der Waals surface area (Å²) in [7, 11) is 0. The maximum Gasteiger partial charge on any atom is 0.262 e. The van der Waals surface area contributed by atoms with Crippen molar-refractivity contribution in [2.75, 3.05) is 5.32 Å². The molecule has 2 N–H and O–H groups in total. The predicted octanol–water partition coefficient (Wildman–Crippen LogP) is 3.25. The van der Waals surface area contributed by atoms with Gasteiger partial charge in [0.1, 0.15) is 11.6 Å². The van der Waals surface area contributed by atoms with Gasteiger partial charge in [-0.3, -0.25) is 9.59 Å². The molecule has 2 amide bonds. The largest absolute Gasteiger partial charge is 0.348 e. The molecule has 1 saturated carbocycles. The maximum atomic E-state index is 12.3. The number of nitriles is 1. The molecule has 0 spiro atoms. The topological polar surface area (TPSA) is 82.0 Å². The van der Waals surface area contributed by atoms with Crippen molar-refractivity contribution >= 4 is 23.6 Å². The van der Waals surface area contributed by atoms with E-state index in [-0.39, 0.29) is 23.4 Å². The third-order valence-corrected chi connectivity index (χ3v) is 4.34. The molecule has 0 aliphatic heterocycles. The van der Waals surface area contributed by atoms with E-state index in [0.29, 0.717) is 11.6 Å². The quantitative estimate of drug-likeness (QED) is 0.658. The Bertz CT molecular complexity index is 671. The Hall–Kier alpha value is -2.61. The molecule has 0 aromatic heterocycles. The normalized spacial score (nSPS) is 20.8. The average molecular weight is 325 g/mol. The fraction of sp³-hybridized carbons (Fsp3) is 0.421. The van der Waals surface area contributed by atoms with Crippen LogP contribution >= 0.6 is 0 Å². The number of hydrogen-bond acceptors (Lipinski definition) is 3. The van der Waals surface area contributed by atoms with Crippen molar-refractivity contribution in [3.63, 3.8) is 0 Å². The van der Waals surface area contributed by atoms with Gasteiger partial charge in [-0.2, -0.15) is 5.26 Å². The molecule has 0 saturated heterocycles. The van der Waals surface area contributed by atoms with Crippen molar-refractivity contribution < 1.29 is 9.59 Å². The lowest BCUT2D eigenvalue weighted by molar-refractivity contribution is -0.118. The van der Waals surface area contributed by atoms with E-state index in [1.165, 1.54) is 13.3 Å². The van der Waals surface area contributed by atoms with Crippen molar-refractivity contribution in [1.29, 1.82) is 5.26 Å². The van der Waals surface area contributed by atoms with Crippen LogP contribution in [0.3, 0.4) is 0 Å². The van der Waals surface area contributed by atoms with Crippen molar-refractivity contribution in [3.8, 4) is 6.07 Å². The Balaban J connectivity index is 2.06. The van der Waals surface area contributed by atoms with E-state index in [2.05, 4.69) is 17.6 Å². The first-order chi connectivity index (χ1) is 11.5. The van der Waals surface area contributed by atoms with Gasteiger partial charge >= 0.3 is 0 Å². The second kappa shape index (κ2) is 8.30. The molecule has 1 aromatic rings.